The maximum Gasteiger partial charge on any atom is 0.0602 e. The predicted molar refractivity (Wildman–Crippen MR) is 50.5 cm³/mol. The minimum atomic E-state index is 0.406. The van der Waals surface area contributed by atoms with E-state index in [4.69, 9.17) is 11.5 Å². The van der Waals surface area contributed by atoms with E-state index in [1.165, 1.54) is 0 Å². The molecule has 1 heterocycles. The van der Waals surface area contributed by atoms with Crippen molar-refractivity contribution >= 4 is 0 Å². The van der Waals surface area contributed by atoms with Crippen LogP contribution in [0.25, 0.3) is 0 Å². The van der Waals surface area contributed by atoms with Crippen molar-refractivity contribution in [3.05, 3.63) is 0 Å². The zero-order valence-electron chi connectivity index (χ0n) is 7.42. The SMILES string of the molecule is NCC#CCN1CCC(N)CC1. The first-order valence-electron chi connectivity index (χ1n) is 4.46. The third-order valence-electron chi connectivity index (χ3n) is 2.16. The van der Waals surface area contributed by atoms with Gasteiger partial charge in [-0.25, -0.2) is 0 Å². The number of nitrogens with two attached hydrogens (primary N) is 2. The van der Waals surface area contributed by atoms with Crippen LogP contribution in [0.2, 0.25) is 0 Å². The summed E-state index contributed by atoms with van der Waals surface area (Å²) in [5, 5.41) is 0. The predicted octanol–water partition coefficient (Wildman–Crippen LogP) is -0.628. The Kier molecular flexibility index (Phi) is 4.09. The summed E-state index contributed by atoms with van der Waals surface area (Å²) in [5.74, 6) is 5.89. The van der Waals surface area contributed by atoms with Crippen molar-refractivity contribution in [2.24, 2.45) is 11.5 Å². The van der Waals surface area contributed by atoms with E-state index in [9.17, 15) is 0 Å². The molecule has 0 saturated carbocycles. The fourth-order valence-electron chi connectivity index (χ4n) is 1.35. The van der Waals surface area contributed by atoms with Gasteiger partial charge in [0.05, 0.1) is 13.1 Å². The molecular formula is C9H17N3. The van der Waals surface area contributed by atoms with Gasteiger partial charge in [0.1, 0.15) is 0 Å². The highest BCUT2D eigenvalue weighted by molar-refractivity contribution is 5.02. The van der Waals surface area contributed by atoms with E-state index in [1.54, 1.807) is 0 Å². The highest BCUT2D eigenvalue weighted by atomic mass is 15.1. The van der Waals surface area contributed by atoms with Crippen molar-refractivity contribution in [1.82, 2.24) is 4.90 Å². The Bertz CT molecular complexity index is 172. The van der Waals surface area contributed by atoms with Crippen molar-refractivity contribution in [1.29, 1.82) is 0 Å². The lowest BCUT2D eigenvalue weighted by molar-refractivity contribution is 0.236. The molecule has 0 aliphatic carbocycles. The molecule has 0 aromatic carbocycles. The Morgan fingerprint density at radius 2 is 1.92 bits per heavy atom. The van der Waals surface area contributed by atoms with E-state index in [-0.39, 0.29) is 0 Å². The van der Waals surface area contributed by atoms with Crippen LogP contribution in [0.1, 0.15) is 12.8 Å². The first kappa shape index (κ1) is 9.53. The van der Waals surface area contributed by atoms with Gasteiger partial charge in [-0.05, 0) is 12.8 Å². The number of nitrogens with zero attached hydrogens (tertiary/aromatic N) is 1. The third-order valence-corrected chi connectivity index (χ3v) is 2.16. The van der Waals surface area contributed by atoms with Crippen molar-refractivity contribution in [3.63, 3.8) is 0 Å². The minimum Gasteiger partial charge on any atom is -0.328 e. The van der Waals surface area contributed by atoms with Crippen LogP contribution in [0.4, 0.5) is 0 Å². The van der Waals surface area contributed by atoms with Crippen LogP contribution in [0.5, 0.6) is 0 Å². The average Bonchev–Trinajstić information content (AvgIpc) is 2.09. The molecule has 12 heavy (non-hydrogen) atoms. The van der Waals surface area contributed by atoms with E-state index in [2.05, 4.69) is 16.7 Å². The van der Waals surface area contributed by atoms with Crippen molar-refractivity contribution in [2.75, 3.05) is 26.2 Å². The molecule has 0 aromatic heterocycles. The lowest BCUT2D eigenvalue weighted by Gasteiger charge is -2.28. The van der Waals surface area contributed by atoms with Crippen LogP contribution >= 0.6 is 0 Å². The summed E-state index contributed by atoms with van der Waals surface area (Å²) in [6, 6.07) is 0.406. The molecule has 0 atom stereocenters. The summed E-state index contributed by atoms with van der Waals surface area (Å²) in [5.41, 5.74) is 11.0. The second-order valence-corrected chi connectivity index (χ2v) is 3.17. The molecule has 0 unspecified atom stereocenters. The lowest BCUT2D eigenvalue weighted by atomic mass is 10.1. The van der Waals surface area contributed by atoms with Crippen molar-refractivity contribution < 1.29 is 0 Å². The van der Waals surface area contributed by atoms with E-state index < -0.39 is 0 Å². The Morgan fingerprint density at radius 1 is 1.25 bits per heavy atom. The molecule has 0 amide bonds. The van der Waals surface area contributed by atoms with Gasteiger partial charge in [-0.1, -0.05) is 11.8 Å². The number of hydrogen-bond donors (Lipinski definition) is 2. The van der Waals surface area contributed by atoms with Crippen molar-refractivity contribution in [3.8, 4) is 11.8 Å². The van der Waals surface area contributed by atoms with Crippen LogP contribution in [-0.4, -0.2) is 37.1 Å². The van der Waals surface area contributed by atoms with Crippen LogP contribution in [0.3, 0.4) is 0 Å². The van der Waals surface area contributed by atoms with Crippen molar-refractivity contribution in [2.45, 2.75) is 18.9 Å². The molecule has 3 nitrogen and oxygen atoms in total. The molecule has 1 fully saturated rings. The normalized spacial score (nSPS) is 20.2. The molecule has 0 aromatic rings. The van der Waals surface area contributed by atoms with E-state index in [1.807, 2.05) is 0 Å². The highest BCUT2D eigenvalue weighted by Crippen LogP contribution is 2.06. The number of piperidine rings is 1. The Morgan fingerprint density at radius 3 is 2.50 bits per heavy atom. The van der Waals surface area contributed by atoms with Gasteiger partial charge in [-0.3, -0.25) is 4.90 Å². The van der Waals surface area contributed by atoms with Crippen LogP contribution in [-0.2, 0) is 0 Å². The zero-order chi connectivity index (χ0) is 8.81. The van der Waals surface area contributed by atoms with Gasteiger partial charge < -0.3 is 11.5 Å². The second kappa shape index (κ2) is 5.15. The Balaban J connectivity index is 2.17. The van der Waals surface area contributed by atoms with Gasteiger partial charge >= 0.3 is 0 Å². The first-order chi connectivity index (χ1) is 5.83. The summed E-state index contributed by atoms with van der Waals surface area (Å²) in [4.78, 5) is 2.33. The average molecular weight is 167 g/mol. The summed E-state index contributed by atoms with van der Waals surface area (Å²) < 4.78 is 0. The molecular weight excluding hydrogens is 150 g/mol. The lowest BCUT2D eigenvalue weighted by Crippen LogP contribution is -2.39. The van der Waals surface area contributed by atoms with E-state index in [0.717, 1.165) is 32.5 Å². The van der Waals surface area contributed by atoms with Gasteiger partial charge in [0.15, 0.2) is 0 Å². The molecule has 4 N–H and O–H groups in total. The summed E-state index contributed by atoms with van der Waals surface area (Å²) in [7, 11) is 0. The zero-order valence-corrected chi connectivity index (χ0v) is 7.42. The van der Waals surface area contributed by atoms with Gasteiger partial charge in [0.25, 0.3) is 0 Å². The highest BCUT2D eigenvalue weighted by Gasteiger charge is 2.14. The summed E-state index contributed by atoms with van der Waals surface area (Å²) in [6.45, 7) is 3.48. The van der Waals surface area contributed by atoms with Crippen LogP contribution < -0.4 is 11.5 Å². The minimum absolute atomic E-state index is 0.406. The molecule has 1 aliphatic rings. The van der Waals surface area contributed by atoms with Gasteiger partial charge in [0, 0.05) is 19.1 Å². The molecule has 0 radical (unpaired) electrons. The molecule has 0 bridgehead atoms. The third kappa shape index (κ3) is 3.22. The topological polar surface area (TPSA) is 55.3 Å². The van der Waals surface area contributed by atoms with E-state index in [0.29, 0.717) is 12.6 Å². The maximum atomic E-state index is 5.77. The number of rotatable bonds is 1. The summed E-state index contributed by atoms with van der Waals surface area (Å²) >= 11 is 0. The largest absolute Gasteiger partial charge is 0.328 e. The molecule has 1 aliphatic heterocycles. The quantitative estimate of drug-likeness (QED) is 0.511. The van der Waals surface area contributed by atoms with Crippen LogP contribution in [0.15, 0.2) is 0 Å². The molecule has 3 heteroatoms. The van der Waals surface area contributed by atoms with Gasteiger partial charge in [0.2, 0.25) is 0 Å². The molecule has 0 spiro atoms. The maximum absolute atomic E-state index is 5.77. The molecule has 68 valence electrons. The molecule has 1 saturated heterocycles. The van der Waals surface area contributed by atoms with Gasteiger partial charge in [-0.2, -0.15) is 0 Å². The number of likely N-dealkylation sites (tertiary alicyclic amines) is 1. The summed E-state index contributed by atoms with van der Waals surface area (Å²) in [6.07, 6.45) is 2.20. The first-order valence-corrected chi connectivity index (χ1v) is 4.46. The van der Waals surface area contributed by atoms with Crippen LogP contribution in [0, 0.1) is 11.8 Å². The van der Waals surface area contributed by atoms with Gasteiger partial charge in [-0.15, -0.1) is 0 Å². The standard InChI is InChI=1S/C9H17N3/c10-5-1-2-6-12-7-3-9(11)4-8-12/h9H,3-8,10-11H2. The fourth-order valence-corrected chi connectivity index (χ4v) is 1.35. The molecule has 1 rings (SSSR count). The Labute approximate surface area is 74.1 Å². The fraction of sp³-hybridized carbons (Fsp3) is 0.778. The second-order valence-electron chi connectivity index (χ2n) is 3.17. The Hall–Kier alpha value is -0.560. The smallest absolute Gasteiger partial charge is 0.0602 e. The monoisotopic (exact) mass is 167 g/mol. The number of hydrogen-bond acceptors (Lipinski definition) is 3. The van der Waals surface area contributed by atoms with E-state index >= 15 is 0 Å².